The lowest BCUT2D eigenvalue weighted by Gasteiger charge is -2.34. The van der Waals surface area contributed by atoms with Crippen molar-refractivity contribution in [2.75, 3.05) is 44.6 Å². The van der Waals surface area contributed by atoms with Gasteiger partial charge in [-0.3, -0.25) is 33.7 Å². The molecular weight excluding hydrogens is 809 g/mol. The molecule has 2 fully saturated rings. The number of piperidine rings is 1. The Morgan fingerprint density at radius 1 is 0.889 bits per heavy atom. The molecule has 5 amide bonds. The average Bonchev–Trinajstić information content (AvgIpc) is 3.98. The fourth-order valence-electron chi connectivity index (χ4n) is 8.13. The number of carbonyl (C=O) groups is 7. The number of fused-ring (bicyclic) bond motifs is 2. The number of hydrogen-bond donors (Lipinski definition) is 2. The molecular formula is C46H54N8O9. The first-order valence-electron chi connectivity index (χ1n) is 21.5. The van der Waals surface area contributed by atoms with Gasteiger partial charge in [0.2, 0.25) is 11.9 Å². The molecule has 2 aromatic heterocycles. The van der Waals surface area contributed by atoms with Crippen LogP contribution in [-0.2, 0) is 23.9 Å². The van der Waals surface area contributed by atoms with Crippen LogP contribution >= 0.6 is 0 Å². The maximum Gasteiger partial charge on any atom is 0.338 e. The van der Waals surface area contributed by atoms with E-state index in [4.69, 9.17) is 14.5 Å². The molecule has 7 rings (SSSR count). The predicted octanol–water partition coefficient (Wildman–Crippen LogP) is 6.48. The van der Waals surface area contributed by atoms with Crippen molar-refractivity contribution in [3.63, 3.8) is 0 Å². The highest BCUT2D eigenvalue weighted by Crippen LogP contribution is 2.36. The van der Waals surface area contributed by atoms with E-state index in [0.29, 0.717) is 47.2 Å². The van der Waals surface area contributed by atoms with Crippen LogP contribution in [0.4, 0.5) is 17.3 Å². The molecule has 0 radical (unpaired) electrons. The lowest BCUT2D eigenvalue weighted by molar-refractivity contribution is -0.168. The van der Waals surface area contributed by atoms with Gasteiger partial charge in [0.05, 0.1) is 28.7 Å². The molecule has 2 aromatic carbocycles. The number of likely N-dealkylation sites (tertiary alicyclic amines) is 1. The third kappa shape index (κ3) is 9.56. The minimum absolute atomic E-state index is 0.0248. The molecule has 4 heterocycles. The van der Waals surface area contributed by atoms with Crippen molar-refractivity contribution in [3.05, 3.63) is 77.1 Å². The largest absolute Gasteiger partial charge is 0.462 e. The van der Waals surface area contributed by atoms with E-state index in [9.17, 15) is 33.6 Å². The number of nitrogens with one attached hydrogen (secondary N) is 2. The van der Waals surface area contributed by atoms with Gasteiger partial charge in [0, 0.05) is 56.1 Å². The number of hydrogen-bond acceptors (Lipinski definition) is 13. The van der Waals surface area contributed by atoms with Crippen molar-refractivity contribution in [2.45, 2.75) is 97.1 Å². The topological polar surface area (TPSA) is 202 Å². The van der Waals surface area contributed by atoms with Gasteiger partial charge in [-0.15, -0.1) is 0 Å². The highest BCUT2D eigenvalue weighted by Gasteiger charge is 2.48. The molecule has 332 valence electrons. The number of benzene rings is 2. The lowest BCUT2D eigenvalue weighted by Crippen LogP contribution is -2.56. The van der Waals surface area contributed by atoms with Gasteiger partial charge >= 0.3 is 11.9 Å². The second kappa shape index (κ2) is 18.8. The lowest BCUT2D eigenvalue weighted by atomic mass is 9.97. The Hall–Kier alpha value is -6.65. The van der Waals surface area contributed by atoms with E-state index in [-0.39, 0.29) is 42.5 Å². The molecule has 0 spiro atoms. The smallest absolute Gasteiger partial charge is 0.338 e. The van der Waals surface area contributed by atoms with Gasteiger partial charge in [-0.05, 0) is 102 Å². The average molecular weight is 863 g/mol. The third-order valence-electron chi connectivity index (χ3n) is 11.6. The van der Waals surface area contributed by atoms with Gasteiger partial charge in [-0.2, -0.15) is 4.98 Å². The molecule has 17 nitrogen and oxygen atoms in total. The quantitative estimate of drug-likeness (QED) is 0.0705. The summed E-state index contributed by atoms with van der Waals surface area (Å²) in [6.07, 6.45) is 8.80. The minimum atomic E-state index is -1.21. The molecule has 4 aromatic rings. The Labute approximate surface area is 365 Å². The van der Waals surface area contributed by atoms with E-state index >= 15 is 0 Å². The summed E-state index contributed by atoms with van der Waals surface area (Å²) >= 11 is 0. The number of unbranched alkanes of at least 4 members (excludes halogenated alkanes) is 3. The van der Waals surface area contributed by atoms with Crippen molar-refractivity contribution in [1.29, 1.82) is 0 Å². The molecule has 0 bridgehead atoms. The van der Waals surface area contributed by atoms with E-state index < -0.39 is 53.8 Å². The van der Waals surface area contributed by atoms with E-state index in [2.05, 4.69) is 20.2 Å². The van der Waals surface area contributed by atoms with E-state index in [1.54, 1.807) is 82.4 Å². The van der Waals surface area contributed by atoms with Crippen LogP contribution in [0.5, 0.6) is 0 Å². The number of nitrogens with zero attached hydrogens (tertiary/aromatic N) is 6. The van der Waals surface area contributed by atoms with E-state index in [1.807, 2.05) is 6.07 Å². The maximum absolute atomic E-state index is 13.7. The number of anilines is 3. The molecule has 1 unspecified atom stereocenters. The van der Waals surface area contributed by atoms with Crippen LogP contribution < -0.4 is 10.6 Å². The van der Waals surface area contributed by atoms with Crippen LogP contribution in [0.2, 0.25) is 0 Å². The number of ether oxygens (including phenoxy) is 2. The normalized spacial score (nSPS) is 16.7. The van der Waals surface area contributed by atoms with Gasteiger partial charge < -0.3 is 29.6 Å². The molecule has 1 atom stereocenters. The first-order chi connectivity index (χ1) is 30.1. The number of esters is 2. The molecule has 63 heavy (non-hydrogen) atoms. The Morgan fingerprint density at radius 2 is 1.62 bits per heavy atom. The summed E-state index contributed by atoms with van der Waals surface area (Å²) in [5, 5.41) is 7.27. The molecule has 1 saturated carbocycles. The van der Waals surface area contributed by atoms with Crippen LogP contribution in [0.1, 0.15) is 133 Å². The van der Waals surface area contributed by atoms with Crippen molar-refractivity contribution >= 4 is 69.8 Å². The Kier molecular flexibility index (Phi) is 13.2. The third-order valence-corrected chi connectivity index (χ3v) is 11.6. The summed E-state index contributed by atoms with van der Waals surface area (Å²) in [4.78, 5) is 104. The zero-order chi connectivity index (χ0) is 45.0. The number of amides is 5. The molecule has 2 N–H and O–H groups in total. The van der Waals surface area contributed by atoms with Crippen LogP contribution in [0.25, 0.3) is 11.0 Å². The maximum atomic E-state index is 13.7. The summed E-state index contributed by atoms with van der Waals surface area (Å²) in [7, 11) is 3.49. The van der Waals surface area contributed by atoms with Gasteiger partial charge in [-0.25, -0.2) is 14.7 Å². The van der Waals surface area contributed by atoms with Gasteiger partial charge in [-0.1, -0.05) is 25.3 Å². The number of imide groups is 2. The first-order valence-corrected chi connectivity index (χ1v) is 21.5. The van der Waals surface area contributed by atoms with Crippen molar-refractivity contribution in [1.82, 2.24) is 29.2 Å². The zero-order valence-electron chi connectivity index (χ0n) is 36.4. The summed E-state index contributed by atoms with van der Waals surface area (Å²) in [5.41, 5.74) is 2.37. The van der Waals surface area contributed by atoms with Gasteiger partial charge in [0.15, 0.2) is 6.73 Å². The van der Waals surface area contributed by atoms with Gasteiger partial charge in [0.1, 0.15) is 17.4 Å². The van der Waals surface area contributed by atoms with Crippen LogP contribution in [0.3, 0.4) is 0 Å². The summed E-state index contributed by atoms with van der Waals surface area (Å²) in [6.45, 7) is 5.10. The number of aromatic nitrogens is 3. The SMILES string of the molecule is CN(C)C(=O)c1cc2cnc(Nc3ccc(C(=O)OCCCCCCNc4cccc5c4C(=O)N(C4CCC(=O)N(COC(=O)C(C)(C)C)C4=O)C5=O)cc3)nc2n1C1CCCC1. The summed E-state index contributed by atoms with van der Waals surface area (Å²) in [6, 6.07) is 12.6. The van der Waals surface area contributed by atoms with Crippen molar-refractivity contribution < 1.29 is 43.0 Å². The van der Waals surface area contributed by atoms with E-state index in [1.165, 1.54) is 6.07 Å². The number of carbonyl (C=O) groups excluding carboxylic acids is 7. The number of rotatable bonds is 16. The monoisotopic (exact) mass is 862 g/mol. The molecule has 1 aliphatic carbocycles. The highest BCUT2D eigenvalue weighted by atomic mass is 16.5. The van der Waals surface area contributed by atoms with Crippen LogP contribution in [-0.4, -0.2) is 111 Å². The predicted molar refractivity (Wildman–Crippen MR) is 232 cm³/mol. The summed E-state index contributed by atoms with van der Waals surface area (Å²) in [5.74, 6) is -3.28. The highest BCUT2D eigenvalue weighted by molar-refractivity contribution is 6.25. The fourth-order valence-corrected chi connectivity index (χ4v) is 8.13. The second-order valence-corrected chi connectivity index (χ2v) is 17.4. The van der Waals surface area contributed by atoms with Crippen LogP contribution in [0, 0.1) is 5.41 Å². The van der Waals surface area contributed by atoms with Crippen LogP contribution in [0.15, 0.2) is 54.7 Å². The molecule has 17 heteroatoms. The van der Waals surface area contributed by atoms with Gasteiger partial charge in [0.25, 0.3) is 23.6 Å². The Morgan fingerprint density at radius 3 is 2.33 bits per heavy atom. The standard InChI is InChI=1S/C46H54N8O9/c1-46(2,3)44(61)63-27-52-36(55)22-21-34(41(52)58)54-39(56)32-15-12-16-33(37(32)42(54)59)47-23-10-6-7-11-24-62-43(60)28-17-19-30(20-18-28)49-45-48-26-29-25-35(40(57)51(4)5)53(38(29)50-45)31-13-8-9-14-31/h12,15-20,25-26,31,34,47H,6-11,13-14,21-24,27H2,1-5H3,(H,48,49,50). The Balaban J connectivity index is 0.849. The van der Waals surface area contributed by atoms with E-state index in [0.717, 1.165) is 60.1 Å². The van der Waals surface area contributed by atoms with Crippen molar-refractivity contribution in [3.8, 4) is 0 Å². The molecule has 3 aliphatic rings. The first kappa shape index (κ1) is 44.4. The summed E-state index contributed by atoms with van der Waals surface area (Å²) < 4.78 is 12.8. The fraction of sp³-hybridized carbons (Fsp3) is 0.457. The molecule has 1 saturated heterocycles. The zero-order valence-corrected chi connectivity index (χ0v) is 36.4. The molecule has 2 aliphatic heterocycles. The second-order valence-electron chi connectivity index (χ2n) is 17.4. The Bertz CT molecular complexity index is 2430. The van der Waals surface area contributed by atoms with Crippen molar-refractivity contribution in [2.24, 2.45) is 5.41 Å². The minimum Gasteiger partial charge on any atom is -0.462 e.